The van der Waals surface area contributed by atoms with Gasteiger partial charge in [0.1, 0.15) is 5.82 Å². The SMILES string of the molecule is Cc1scc2nc(C)n(C)c(=O)c12. The summed E-state index contributed by atoms with van der Waals surface area (Å²) in [5.74, 6) is 0.760. The Hall–Kier alpha value is -1.16. The van der Waals surface area contributed by atoms with E-state index in [1.165, 1.54) is 0 Å². The van der Waals surface area contributed by atoms with Crippen LogP contribution in [0.2, 0.25) is 0 Å². The first-order valence-electron chi connectivity index (χ1n) is 4.02. The molecule has 0 atom stereocenters. The van der Waals surface area contributed by atoms with Crippen molar-refractivity contribution in [1.82, 2.24) is 9.55 Å². The first-order valence-corrected chi connectivity index (χ1v) is 4.90. The summed E-state index contributed by atoms with van der Waals surface area (Å²) in [6, 6.07) is 0. The fraction of sp³-hybridized carbons (Fsp3) is 0.333. The van der Waals surface area contributed by atoms with Gasteiger partial charge in [-0.1, -0.05) is 0 Å². The van der Waals surface area contributed by atoms with Gasteiger partial charge in [0.05, 0.1) is 10.9 Å². The molecular weight excluding hydrogens is 184 g/mol. The van der Waals surface area contributed by atoms with E-state index in [0.29, 0.717) is 0 Å². The highest BCUT2D eigenvalue weighted by Gasteiger charge is 2.08. The summed E-state index contributed by atoms with van der Waals surface area (Å²) >= 11 is 1.57. The Bertz CT molecular complexity index is 524. The second-order valence-corrected chi connectivity index (χ2v) is 4.16. The van der Waals surface area contributed by atoms with Crippen molar-refractivity contribution in [3.05, 3.63) is 26.4 Å². The molecule has 3 nitrogen and oxygen atoms in total. The molecule has 0 radical (unpaired) electrons. The van der Waals surface area contributed by atoms with Crippen LogP contribution in [0.1, 0.15) is 10.7 Å². The van der Waals surface area contributed by atoms with Crippen LogP contribution in [0.3, 0.4) is 0 Å². The molecule has 2 aromatic rings. The lowest BCUT2D eigenvalue weighted by Gasteiger charge is -2.01. The molecule has 0 aliphatic rings. The molecule has 0 aromatic carbocycles. The van der Waals surface area contributed by atoms with E-state index in [4.69, 9.17) is 0 Å². The van der Waals surface area contributed by atoms with Gasteiger partial charge in [0.2, 0.25) is 0 Å². The van der Waals surface area contributed by atoms with E-state index in [1.54, 1.807) is 23.0 Å². The lowest BCUT2D eigenvalue weighted by atomic mass is 10.3. The van der Waals surface area contributed by atoms with Gasteiger partial charge < -0.3 is 0 Å². The average Bonchev–Trinajstić information content (AvgIpc) is 2.43. The van der Waals surface area contributed by atoms with Crippen molar-refractivity contribution < 1.29 is 0 Å². The highest BCUT2D eigenvalue weighted by molar-refractivity contribution is 7.11. The summed E-state index contributed by atoms with van der Waals surface area (Å²) in [5.41, 5.74) is 0.879. The van der Waals surface area contributed by atoms with Gasteiger partial charge in [0.25, 0.3) is 5.56 Å². The minimum Gasteiger partial charge on any atom is -0.299 e. The fourth-order valence-electron chi connectivity index (χ4n) is 1.35. The van der Waals surface area contributed by atoms with Crippen LogP contribution in [-0.4, -0.2) is 9.55 Å². The Morgan fingerprint density at radius 2 is 2.15 bits per heavy atom. The molecule has 0 saturated carbocycles. The number of hydrogen-bond donors (Lipinski definition) is 0. The van der Waals surface area contributed by atoms with Crippen LogP contribution in [0.4, 0.5) is 0 Å². The Kier molecular flexibility index (Phi) is 1.73. The molecule has 0 saturated heterocycles. The smallest absolute Gasteiger partial charge is 0.262 e. The third-order valence-corrected chi connectivity index (χ3v) is 3.14. The lowest BCUT2D eigenvalue weighted by molar-refractivity contribution is 0.793. The van der Waals surface area contributed by atoms with Crippen LogP contribution >= 0.6 is 11.3 Å². The van der Waals surface area contributed by atoms with Crippen LogP contribution in [0, 0.1) is 13.8 Å². The summed E-state index contributed by atoms with van der Waals surface area (Å²) in [7, 11) is 1.75. The lowest BCUT2D eigenvalue weighted by Crippen LogP contribution is -2.20. The third kappa shape index (κ3) is 1.09. The van der Waals surface area contributed by atoms with Crippen LogP contribution in [-0.2, 0) is 7.05 Å². The van der Waals surface area contributed by atoms with E-state index >= 15 is 0 Å². The largest absolute Gasteiger partial charge is 0.299 e. The van der Waals surface area contributed by atoms with Crippen LogP contribution in [0.15, 0.2) is 10.2 Å². The maximum atomic E-state index is 11.8. The predicted molar refractivity (Wildman–Crippen MR) is 54.3 cm³/mol. The number of rotatable bonds is 0. The van der Waals surface area contributed by atoms with E-state index < -0.39 is 0 Å². The summed E-state index contributed by atoms with van der Waals surface area (Å²) < 4.78 is 1.59. The Balaban J connectivity index is 3.06. The van der Waals surface area contributed by atoms with Gasteiger partial charge in [-0.3, -0.25) is 9.36 Å². The molecule has 2 heterocycles. The summed E-state index contributed by atoms with van der Waals surface area (Å²) in [4.78, 5) is 17.1. The van der Waals surface area contributed by atoms with E-state index in [2.05, 4.69) is 4.98 Å². The molecule has 0 unspecified atom stereocenters. The van der Waals surface area contributed by atoms with Gasteiger partial charge in [-0.2, -0.15) is 0 Å². The van der Waals surface area contributed by atoms with E-state index in [9.17, 15) is 4.79 Å². The van der Waals surface area contributed by atoms with Crippen LogP contribution < -0.4 is 5.56 Å². The molecule has 13 heavy (non-hydrogen) atoms. The Morgan fingerprint density at radius 1 is 1.46 bits per heavy atom. The Morgan fingerprint density at radius 3 is 2.85 bits per heavy atom. The molecule has 0 amide bonds. The predicted octanol–water partition coefficient (Wildman–Crippen LogP) is 1.61. The molecule has 2 aromatic heterocycles. The first kappa shape index (κ1) is 8.44. The first-order chi connectivity index (χ1) is 6.11. The highest BCUT2D eigenvalue weighted by Crippen LogP contribution is 2.19. The normalized spacial score (nSPS) is 11.0. The zero-order chi connectivity index (χ0) is 9.59. The average molecular weight is 194 g/mol. The van der Waals surface area contributed by atoms with Gasteiger partial charge in [0.15, 0.2) is 0 Å². The van der Waals surface area contributed by atoms with Crippen molar-refractivity contribution in [3.63, 3.8) is 0 Å². The number of thiophene rings is 1. The summed E-state index contributed by atoms with van der Waals surface area (Å²) in [6.45, 7) is 3.79. The zero-order valence-electron chi connectivity index (χ0n) is 7.79. The van der Waals surface area contributed by atoms with Crippen molar-refractivity contribution in [1.29, 1.82) is 0 Å². The molecule has 0 spiro atoms. The molecule has 2 rings (SSSR count). The second kappa shape index (κ2) is 2.67. The molecule has 0 bridgehead atoms. The van der Waals surface area contributed by atoms with Crippen LogP contribution in [0.5, 0.6) is 0 Å². The van der Waals surface area contributed by atoms with Crippen molar-refractivity contribution in [2.45, 2.75) is 13.8 Å². The molecule has 4 heteroatoms. The van der Waals surface area contributed by atoms with E-state index in [1.807, 2.05) is 19.2 Å². The molecule has 68 valence electrons. The molecule has 0 aliphatic carbocycles. The van der Waals surface area contributed by atoms with Crippen molar-refractivity contribution in [2.75, 3.05) is 0 Å². The number of aromatic nitrogens is 2. The van der Waals surface area contributed by atoms with Gasteiger partial charge in [-0.25, -0.2) is 4.98 Å². The quantitative estimate of drug-likeness (QED) is 0.638. The second-order valence-electron chi connectivity index (χ2n) is 3.08. The van der Waals surface area contributed by atoms with E-state index in [0.717, 1.165) is 21.6 Å². The standard InChI is InChI=1S/C9H10N2OS/c1-5-8-7(4-13-5)10-6(2)11(3)9(8)12/h4H,1-3H3. The minimum absolute atomic E-state index is 0.0567. The number of aryl methyl sites for hydroxylation is 2. The maximum absolute atomic E-state index is 11.8. The minimum atomic E-state index is 0.0567. The Labute approximate surface area is 79.7 Å². The number of hydrogen-bond acceptors (Lipinski definition) is 3. The van der Waals surface area contributed by atoms with Gasteiger partial charge in [-0.15, -0.1) is 11.3 Å². The van der Waals surface area contributed by atoms with Crippen molar-refractivity contribution >= 4 is 22.2 Å². The van der Waals surface area contributed by atoms with Crippen LogP contribution in [0.25, 0.3) is 10.9 Å². The van der Waals surface area contributed by atoms with E-state index in [-0.39, 0.29) is 5.56 Å². The van der Waals surface area contributed by atoms with Gasteiger partial charge in [0, 0.05) is 17.3 Å². The maximum Gasteiger partial charge on any atom is 0.262 e. The van der Waals surface area contributed by atoms with Crippen molar-refractivity contribution in [2.24, 2.45) is 7.05 Å². The molecular formula is C9H10N2OS. The van der Waals surface area contributed by atoms with Gasteiger partial charge in [-0.05, 0) is 13.8 Å². The third-order valence-electron chi connectivity index (χ3n) is 2.24. The number of fused-ring (bicyclic) bond motifs is 1. The highest BCUT2D eigenvalue weighted by atomic mass is 32.1. The van der Waals surface area contributed by atoms with Gasteiger partial charge >= 0.3 is 0 Å². The molecule has 0 fully saturated rings. The topological polar surface area (TPSA) is 34.9 Å². The summed E-state index contributed by atoms with van der Waals surface area (Å²) in [6.07, 6.45) is 0. The molecule has 0 aliphatic heterocycles. The molecule has 0 N–H and O–H groups in total. The number of nitrogens with zero attached hydrogens (tertiary/aromatic N) is 2. The van der Waals surface area contributed by atoms with Crippen molar-refractivity contribution in [3.8, 4) is 0 Å². The zero-order valence-corrected chi connectivity index (χ0v) is 8.60. The monoisotopic (exact) mass is 194 g/mol. The summed E-state index contributed by atoms with van der Waals surface area (Å²) in [5, 5.41) is 2.69. The fourth-order valence-corrected chi connectivity index (χ4v) is 2.12.